The van der Waals surface area contributed by atoms with E-state index in [1.165, 1.54) is 19.3 Å². The normalized spacial score (nSPS) is 15.9. The lowest BCUT2D eigenvalue weighted by molar-refractivity contribution is 0.338. The van der Waals surface area contributed by atoms with Crippen LogP contribution in [0.15, 0.2) is 23.3 Å². The van der Waals surface area contributed by atoms with E-state index in [-0.39, 0.29) is 0 Å². The van der Waals surface area contributed by atoms with E-state index in [2.05, 4.69) is 20.4 Å². The molecule has 96 valence electrons. The van der Waals surface area contributed by atoms with Gasteiger partial charge in [0, 0.05) is 18.8 Å². The number of piperidine rings is 1. The van der Waals surface area contributed by atoms with Crippen LogP contribution in [0.1, 0.15) is 30.7 Å². The van der Waals surface area contributed by atoms with E-state index in [4.69, 9.17) is 12.2 Å². The number of nitrogens with zero attached hydrogens (tertiary/aromatic N) is 3. The van der Waals surface area contributed by atoms with Crippen LogP contribution in [0.25, 0.3) is 0 Å². The standard InChI is InChI=1S/C13H18N4S/c1-11-6-5-7-12(15-11)10-14-16-13(18)17-8-3-2-4-9-17/h5-7,10H,2-4,8-9H2,1H3,(H,16,18)/b14-10+. The smallest absolute Gasteiger partial charge is 0.189 e. The lowest BCUT2D eigenvalue weighted by atomic mass is 10.1. The molecule has 18 heavy (non-hydrogen) atoms. The SMILES string of the molecule is Cc1cccc(/C=N/NC(=S)N2CCCCC2)n1. The van der Waals surface area contributed by atoms with Crippen molar-refractivity contribution in [1.29, 1.82) is 0 Å². The second kappa shape index (κ2) is 6.44. The minimum atomic E-state index is 0.707. The number of aromatic nitrogens is 1. The van der Waals surface area contributed by atoms with Gasteiger partial charge in [-0.3, -0.25) is 10.4 Å². The fourth-order valence-electron chi connectivity index (χ4n) is 1.96. The maximum Gasteiger partial charge on any atom is 0.189 e. The molecule has 1 aliphatic rings. The average Bonchev–Trinajstić information content (AvgIpc) is 2.40. The zero-order valence-electron chi connectivity index (χ0n) is 10.6. The Morgan fingerprint density at radius 2 is 2.17 bits per heavy atom. The molecule has 4 nitrogen and oxygen atoms in total. The van der Waals surface area contributed by atoms with Crippen molar-refractivity contribution in [3.05, 3.63) is 29.6 Å². The van der Waals surface area contributed by atoms with Gasteiger partial charge in [-0.1, -0.05) is 6.07 Å². The van der Waals surface area contributed by atoms with Crippen molar-refractivity contribution in [2.75, 3.05) is 13.1 Å². The highest BCUT2D eigenvalue weighted by atomic mass is 32.1. The number of rotatable bonds is 2. The van der Waals surface area contributed by atoms with Gasteiger partial charge in [0.15, 0.2) is 5.11 Å². The van der Waals surface area contributed by atoms with E-state index >= 15 is 0 Å². The van der Waals surface area contributed by atoms with E-state index in [9.17, 15) is 0 Å². The first kappa shape index (κ1) is 13.0. The van der Waals surface area contributed by atoms with Crippen LogP contribution < -0.4 is 5.43 Å². The molecule has 0 unspecified atom stereocenters. The van der Waals surface area contributed by atoms with Crippen LogP contribution in [0.5, 0.6) is 0 Å². The number of likely N-dealkylation sites (tertiary alicyclic amines) is 1. The van der Waals surface area contributed by atoms with Crippen LogP contribution in [0.2, 0.25) is 0 Å². The summed E-state index contributed by atoms with van der Waals surface area (Å²) in [6.07, 6.45) is 5.43. The molecule has 2 rings (SSSR count). The van der Waals surface area contributed by atoms with Crippen molar-refractivity contribution in [2.24, 2.45) is 5.10 Å². The minimum absolute atomic E-state index is 0.707. The molecular weight excluding hydrogens is 244 g/mol. The van der Waals surface area contributed by atoms with Crippen LogP contribution in [0, 0.1) is 6.92 Å². The molecule has 1 saturated heterocycles. The van der Waals surface area contributed by atoms with Crippen LogP contribution in [0.3, 0.4) is 0 Å². The number of aryl methyl sites for hydroxylation is 1. The van der Waals surface area contributed by atoms with Gasteiger partial charge in [-0.15, -0.1) is 0 Å². The van der Waals surface area contributed by atoms with E-state index in [0.717, 1.165) is 24.5 Å². The Balaban J connectivity index is 1.85. The first-order valence-corrected chi connectivity index (χ1v) is 6.68. The zero-order valence-corrected chi connectivity index (χ0v) is 11.4. The summed E-state index contributed by atoms with van der Waals surface area (Å²) in [4.78, 5) is 6.50. The van der Waals surface area contributed by atoms with Crippen molar-refractivity contribution in [3.63, 3.8) is 0 Å². The van der Waals surface area contributed by atoms with Gasteiger partial charge in [0.1, 0.15) is 0 Å². The lowest BCUT2D eigenvalue weighted by Crippen LogP contribution is -2.40. The zero-order chi connectivity index (χ0) is 12.8. The molecule has 0 saturated carbocycles. The fraction of sp³-hybridized carbons (Fsp3) is 0.462. The summed E-state index contributed by atoms with van der Waals surface area (Å²) in [6.45, 7) is 4.03. The van der Waals surface area contributed by atoms with E-state index < -0.39 is 0 Å². The fourth-order valence-corrected chi connectivity index (χ4v) is 2.19. The number of hydrazone groups is 1. The number of thiocarbonyl (C=S) groups is 1. The van der Waals surface area contributed by atoms with Gasteiger partial charge >= 0.3 is 0 Å². The molecule has 0 amide bonds. The first-order chi connectivity index (χ1) is 8.75. The quantitative estimate of drug-likeness (QED) is 0.503. The Bertz CT molecular complexity index is 438. The maximum absolute atomic E-state index is 5.30. The van der Waals surface area contributed by atoms with E-state index in [0.29, 0.717) is 5.11 Å². The van der Waals surface area contributed by atoms with Crippen molar-refractivity contribution in [1.82, 2.24) is 15.3 Å². The highest BCUT2D eigenvalue weighted by molar-refractivity contribution is 7.80. The largest absolute Gasteiger partial charge is 0.348 e. The highest BCUT2D eigenvalue weighted by Gasteiger charge is 2.12. The summed E-state index contributed by atoms with van der Waals surface area (Å²) in [5, 5.41) is 4.84. The average molecular weight is 262 g/mol. The highest BCUT2D eigenvalue weighted by Crippen LogP contribution is 2.08. The molecule has 1 aliphatic heterocycles. The molecule has 0 spiro atoms. The summed E-state index contributed by atoms with van der Waals surface area (Å²) in [5.41, 5.74) is 4.73. The number of hydrogen-bond donors (Lipinski definition) is 1. The topological polar surface area (TPSA) is 40.5 Å². The molecule has 1 aromatic heterocycles. The van der Waals surface area contributed by atoms with Gasteiger partial charge in [0.2, 0.25) is 0 Å². The molecule has 1 aromatic rings. The molecule has 0 radical (unpaired) electrons. The predicted octanol–water partition coefficient (Wildman–Crippen LogP) is 2.08. The molecule has 1 N–H and O–H groups in total. The molecule has 0 aromatic carbocycles. The monoisotopic (exact) mass is 262 g/mol. The van der Waals surface area contributed by atoms with Crippen molar-refractivity contribution in [2.45, 2.75) is 26.2 Å². The third-order valence-electron chi connectivity index (χ3n) is 2.91. The summed E-state index contributed by atoms with van der Waals surface area (Å²) in [7, 11) is 0. The summed E-state index contributed by atoms with van der Waals surface area (Å²) >= 11 is 5.30. The molecule has 2 heterocycles. The Kier molecular flexibility index (Phi) is 4.64. The Morgan fingerprint density at radius 1 is 1.39 bits per heavy atom. The van der Waals surface area contributed by atoms with Gasteiger partial charge in [-0.05, 0) is 50.5 Å². The second-order valence-electron chi connectivity index (χ2n) is 4.43. The second-order valence-corrected chi connectivity index (χ2v) is 4.81. The van der Waals surface area contributed by atoms with Gasteiger partial charge in [0.25, 0.3) is 0 Å². The summed E-state index contributed by atoms with van der Waals surface area (Å²) in [5.74, 6) is 0. The third-order valence-corrected chi connectivity index (χ3v) is 3.26. The first-order valence-electron chi connectivity index (χ1n) is 6.27. The van der Waals surface area contributed by atoms with Gasteiger partial charge < -0.3 is 4.90 Å². The van der Waals surface area contributed by atoms with Gasteiger partial charge in [-0.25, -0.2) is 0 Å². The number of pyridine rings is 1. The summed E-state index contributed by atoms with van der Waals surface area (Å²) in [6, 6.07) is 5.85. The van der Waals surface area contributed by atoms with E-state index in [1.807, 2.05) is 25.1 Å². The third kappa shape index (κ3) is 3.77. The molecule has 0 atom stereocenters. The van der Waals surface area contributed by atoms with Crippen molar-refractivity contribution in [3.8, 4) is 0 Å². The molecule has 1 fully saturated rings. The predicted molar refractivity (Wildman–Crippen MR) is 77.7 cm³/mol. The minimum Gasteiger partial charge on any atom is -0.348 e. The molecule has 5 heteroatoms. The molecular formula is C13H18N4S. The van der Waals surface area contributed by atoms with E-state index in [1.54, 1.807) is 6.21 Å². The van der Waals surface area contributed by atoms with Crippen LogP contribution >= 0.6 is 12.2 Å². The van der Waals surface area contributed by atoms with Crippen molar-refractivity contribution >= 4 is 23.5 Å². The van der Waals surface area contributed by atoms with Crippen molar-refractivity contribution < 1.29 is 0 Å². The maximum atomic E-state index is 5.30. The van der Waals surface area contributed by atoms with Gasteiger partial charge in [0.05, 0.1) is 11.9 Å². The van der Waals surface area contributed by atoms with Gasteiger partial charge in [-0.2, -0.15) is 5.10 Å². The number of nitrogens with one attached hydrogen (secondary N) is 1. The Hall–Kier alpha value is -1.49. The molecule has 0 aliphatic carbocycles. The Labute approximate surface area is 113 Å². The summed E-state index contributed by atoms with van der Waals surface area (Å²) < 4.78 is 0. The molecule has 0 bridgehead atoms. The Morgan fingerprint density at radius 3 is 2.89 bits per heavy atom. The lowest BCUT2D eigenvalue weighted by Gasteiger charge is -2.28. The van der Waals surface area contributed by atoms with Crippen LogP contribution in [-0.2, 0) is 0 Å². The van der Waals surface area contributed by atoms with Crippen LogP contribution in [0.4, 0.5) is 0 Å². The number of hydrogen-bond acceptors (Lipinski definition) is 3. The van der Waals surface area contributed by atoms with Crippen LogP contribution in [-0.4, -0.2) is 34.3 Å².